The first-order valence-corrected chi connectivity index (χ1v) is 3.59. The zero-order valence-electron chi connectivity index (χ0n) is 6.63. The molecule has 0 atom stereocenters. The minimum Gasteiger partial charge on any atom is -0.873 e. The highest BCUT2D eigenvalue weighted by molar-refractivity contribution is 5.39. The van der Waals surface area contributed by atoms with E-state index < -0.39 is 11.5 Å². The second kappa shape index (κ2) is 2.82. The summed E-state index contributed by atoms with van der Waals surface area (Å²) in [6.45, 7) is 3.97. The largest absolute Gasteiger partial charge is 0.873 e. The first-order valence-electron chi connectivity index (χ1n) is 3.59. The summed E-state index contributed by atoms with van der Waals surface area (Å²) < 4.78 is 0. The lowest BCUT2D eigenvalue weighted by Crippen LogP contribution is -2.00. The highest BCUT2D eigenvalue weighted by Crippen LogP contribution is 2.23. The van der Waals surface area contributed by atoms with Gasteiger partial charge in [0.05, 0.1) is 0 Å². The second-order valence-corrected chi connectivity index (χ2v) is 2.86. The molecule has 0 N–H and O–H groups in total. The summed E-state index contributed by atoms with van der Waals surface area (Å²) in [5.41, 5.74) is 0.926. The summed E-state index contributed by atoms with van der Waals surface area (Å²) in [7, 11) is 0. The molecule has 0 amide bonds. The third-order valence-electron chi connectivity index (χ3n) is 1.63. The summed E-state index contributed by atoms with van der Waals surface area (Å²) in [6.07, 6.45) is 0. The lowest BCUT2D eigenvalue weighted by Gasteiger charge is -2.19. The van der Waals surface area contributed by atoms with Crippen LogP contribution in [0, 0.1) is 0 Å². The third kappa shape index (κ3) is 1.64. The fourth-order valence-electron chi connectivity index (χ4n) is 0.884. The second-order valence-electron chi connectivity index (χ2n) is 2.86. The summed E-state index contributed by atoms with van der Waals surface area (Å²) in [5, 5.41) is 21.5. The molecule has 1 aromatic rings. The van der Waals surface area contributed by atoms with Gasteiger partial charge in [0.2, 0.25) is 0 Å². The molecule has 0 aliphatic heterocycles. The van der Waals surface area contributed by atoms with Gasteiger partial charge in [-0.05, 0) is 11.5 Å². The van der Waals surface area contributed by atoms with E-state index in [4.69, 9.17) is 0 Å². The van der Waals surface area contributed by atoms with Gasteiger partial charge in [0.25, 0.3) is 0 Å². The third-order valence-corrected chi connectivity index (χ3v) is 1.63. The van der Waals surface area contributed by atoms with Gasteiger partial charge in [-0.25, -0.2) is 0 Å². The van der Waals surface area contributed by atoms with E-state index in [0.29, 0.717) is 5.92 Å². The van der Waals surface area contributed by atoms with Gasteiger partial charge in [0, 0.05) is 0 Å². The minimum absolute atomic E-state index is 0.309. The van der Waals surface area contributed by atoms with E-state index >= 15 is 0 Å². The predicted octanol–water partition coefficient (Wildman–Crippen LogP) is 0.957. The van der Waals surface area contributed by atoms with Crippen LogP contribution in [0.5, 0.6) is 11.5 Å². The maximum atomic E-state index is 10.8. The van der Waals surface area contributed by atoms with E-state index in [1.165, 1.54) is 12.1 Å². The Morgan fingerprint density at radius 2 is 1.73 bits per heavy atom. The van der Waals surface area contributed by atoms with Crippen molar-refractivity contribution in [1.82, 2.24) is 0 Å². The molecule has 2 nitrogen and oxygen atoms in total. The van der Waals surface area contributed by atoms with E-state index in [0.717, 1.165) is 5.56 Å². The molecule has 60 valence electrons. The molecule has 11 heavy (non-hydrogen) atoms. The zero-order chi connectivity index (χ0) is 8.43. The van der Waals surface area contributed by atoms with Crippen LogP contribution in [0.1, 0.15) is 25.3 Å². The fraction of sp³-hybridized carbons (Fsp3) is 0.333. The molecule has 0 saturated carbocycles. The van der Waals surface area contributed by atoms with Crippen molar-refractivity contribution in [2.24, 2.45) is 0 Å². The Bertz CT molecular complexity index is 254. The summed E-state index contributed by atoms with van der Waals surface area (Å²) >= 11 is 0. The summed E-state index contributed by atoms with van der Waals surface area (Å²) in [5.74, 6) is -0.520. The molecular weight excluding hydrogens is 140 g/mol. The molecule has 0 aliphatic carbocycles. The van der Waals surface area contributed by atoms with Crippen molar-refractivity contribution >= 4 is 0 Å². The molecule has 0 bridgehead atoms. The van der Waals surface area contributed by atoms with Crippen molar-refractivity contribution in [2.75, 3.05) is 0 Å². The predicted molar refractivity (Wildman–Crippen MR) is 39.4 cm³/mol. The minimum atomic E-state index is -0.422. The van der Waals surface area contributed by atoms with Crippen LogP contribution in [0.2, 0.25) is 0 Å². The highest BCUT2D eigenvalue weighted by atomic mass is 16.3. The Morgan fingerprint density at radius 1 is 1.09 bits per heavy atom. The van der Waals surface area contributed by atoms with Gasteiger partial charge in [0.15, 0.2) is 0 Å². The molecule has 0 fully saturated rings. The van der Waals surface area contributed by atoms with Crippen molar-refractivity contribution in [3.8, 4) is 11.5 Å². The lowest BCUT2D eigenvalue weighted by molar-refractivity contribution is -0.317. The Hall–Kier alpha value is -1.18. The summed E-state index contributed by atoms with van der Waals surface area (Å²) in [6, 6.07) is 4.44. The molecule has 2 heteroatoms. The molecule has 1 aromatic carbocycles. The van der Waals surface area contributed by atoms with Gasteiger partial charge >= 0.3 is 0 Å². The van der Waals surface area contributed by atoms with Crippen molar-refractivity contribution in [1.29, 1.82) is 0 Å². The molecule has 0 aliphatic rings. The lowest BCUT2D eigenvalue weighted by atomic mass is 10.0. The average Bonchev–Trinajstić information content (AvgIpc) is 1.94. The maximum absolute atomic E-state index is 10.8. The molecule has 1 rings (SSSR count). The van der Waals surface area contributed by atoms with E-state index in [2.05, 4.69) is 0 Å². The Morgan fingerprint density at radius 3 is 2.18 bits per heavy atom. The van der Waals surface area contributed by atoms with Crippen LogP contribution >= 0.6 is 0 Å². The van der Waals surface area contributed by atoms with Gasteiger partial charge in [-0.3, -0.25) is 0 Å². The molecule has 0 aromatic heterocycles. The molecule has 0 unspecified atom stereocenters. The highest BCUT2D eigenvalue weighted by Gasteiger charge is 1.95. The number of hydrogen-bond acceptors (Lipinski definition) is 2. The fourth-order valence-corrected chi connectivity index (χ4v) is 0.884. The van der Waals surface area contributed by atoms with E-state index in [9.17, 15) is 10.2 Å². The number of hydrogen-bond donors (Lipinski definition) is 0. The van der Waals surface area contributed by atoms with Crippen molar-refractivity contribution in [3.05, 3.63) is 23.8 Å². The van der Waals surface area contributed by atoms with Gasteiger partial charge < -0.3 is 10.2 Å². The molecule has 0 radical (unpaired) electrons. The topological polar surface area (TPSA) is 46.1 Å². The van der Waals surface area contributed by atoms with Crippen LogP contribution in [-0.4, -0.2) is 0 Å². The van der Waals surface area contributed by atoms with Gasteiger partial charge in [0.1, 0.15) is 0 Å². The standard InChI is InChI=1S/C9H12O2/c1-6(2)7-3-4-8(10)9(11)5-7/h3-6,10-11H,1-2H3/p-2. The van der Waals surface area contributed by atoms with Crippen LogP contribution in [0.25, 0.3) is 0 Å². The van der Waals surface area contributed by atoms with E-state index in [1.807, 2.05) is 13.8 Å². The van der Waals surface area contributed by atoms with Crippen LogP contribution in [0.4, 0.5) is 0 Å². The monoisotopic (exact) mass is 150 g/mol. The van der Waals surface area contributed by atoms with Gasteiger partial charge in [-0.15, -0.1) is 11.5 Å². The van der Waals surface area contributed by atoms with Crippen LogP contribution in [-0.2, 0) is 0 Å². The smallest absolute Gasteiger partial charge is 0.0219 e. The van der Waals surface area contributed by atoms with Crippen LogP contribution < -0.4 is 10.2 Å². The van der Waals surface area contributed by atoms with Gasteiger partial charge in [-0.1, -0.05) is 32.0 Å². The molecule has 0 heterocycles. The maximum Gasteiger partial charge on any atom is -0.0219 e. The number of benzene rings is 1. The van der Waals surface area contributed by atoms with Crippen LogP contribution in [0.3, 0.4) is 0 Å². The average molecular weight is 150 g/mol. The first-order chi connectivity index (χ1) is 5.11. The first kappa shape index (κ1) is 7.92. The summed E-state index contributed by atoms with van der Waals surface area (Å²) in [4.78, 5) is 0. The van der Waals surface area contributed by atoms with Crippen molar-refractivity contribution in [3.63, 3.8) is 0 Å². The molecular formula is C9H10O2-2. The Labute approximate surface area is 66.1 Å². The van der Waals surface area contributed by atoms with Crippen molar-refractivity contribution < 1.29 is 10.2 Å². The zero-order valence-corrected chi connectivity index (χ0v) is 6.63. The van der Waals surface area contributed by atoms with Crippen LogP contribution in [0.15, 0.2) is 18.2 Å². The van der Waals surface area contributed by atoms with E-state index in [-0.39, 0.29) is 0 Å². The Balaban J connectivity index is 3.05. The van der Waals surface area contributed by atoms with Crippen molar-refractivity contribution in [2.45, 2.75) is 19.8 Å². The quantitative estimate of drug-likeness (QED) is 0.598. The molecule has 0 saturated heterocycles. The normalized spacial score (nSPS) is 10.5. The van der Waals surface area contributed by atoms with Gasteiger partial charge in [-0.2, -0.15) is 0 Å². The number of rotatable bonds is 1. The Kier molecular flexibility index (Phi) is 2.03. The SMILES string of the molecule is CC(C)c1ccc([O-])c([O-])c1. The van der Waals surface area contributed by atoms with E-state index in [1.54, 1.807) is 6.07 Å². The molecule has 0 spiro atoms.